The third-order valence-electron chi connectivity index (χ3n) is 4.96. The van der Waals surface area contributed by atoms with Gasteiger partial charge in [-0.25, -0.2) is 13.2 Å². The molecule has 3 N–H and O–H groups in total. The molecule has 0 aromatic heterocycles. The van der Waals surface area contributed by atoms with Gasteiger partial charge in [0.25, 0.3) is 0 Å². The molecule has 0 amide bonds. The highest BCUT2D eigenvalue weighted by Crippen LogP contribution is 2.26. The molecule has 0 bridgehead atoms. The maximum absolute atomic E-state index is 13.3. The molecule has 0 unspecified atom stereocenters. The first-order valence-corrected chi connectivity index (χ1v) is 9.82. The highest BCUT2D eigenvalue weighted by Gasteiger charge is 2.19. The van der Waals surface area contributed by atoms with Gasteiger partial charge in [-0.05, 0) is 54.4 Å². The van der Waals surface area contributed by atoms with Gasteiger partial charge in [-0.15, -0.1) is 0 Å². The second-order valence-corrected chi connectivity index (χ2v) is 7.28. The number of rotatable bonds is 9. The van der Waals surface area contributed by atoms with Crippen molar-refractivity contribution in [2.75, 3.05) is 13.2 Å². The predicted octanol–water partition coefficient (Wildman–Crippen LogP) is 3.90. The molecule has 0 fully saturated rings. The highest BCUT2D eigenvalue weighted by molar-refractivity contribution is 5.30. The van der Waals surface area contributed by atoms with Gasteiger partial charge >= 0.3 is 0 Å². The van der Waals surface area contributed by atoms with Crippen molar-refractivity contribution in [2.24, 2.45) is 0 Å². The topological polar surface area (TPSA) is 46.1 Å². The third-order valence-corrected chi connectivity index (χ3v) is 4.96. The van der Waals surface area contributed by atoms with Crippen LogP contribution in [0.1, 0.15) is 35.8 Å². The summed E-state index contributed by atoms with van der Waals surface area (Å²) in [6.45, 7) is 2.41. The van der Waals surface area contributed by atoms with Crippen molar-refractivity contribution in [3.05, 3.63) is 107 Å². The lowest BCUT2D eigenvalue weighted by Crippen LogP contribution is -2.87. The van der Waals surface area contributed by atoms with Crippen molar-refractivity contribution < 1.29 is 28.3 Å². The lowest BCUT2D eigenvalue weighted by molar-refractivity contribution is -0.698. The molecule has 0 aliphatic rings. The zero-order valence-corrected chi connectivity index (χ0v) is 16.6. The van der Waals surface area contributed by atoms with Gasteiger partial charge in [0.2, 0.25) is 0 Å². The van der Waals surface area contributed by atoms with E-state index in [1.54, 1.807) is 36.4 Å². The summed E-state index contributed by atoms with van der Waals surface area (Å²) in [6, 6.07) is 18.1. The molecule has 0 aliphatic carbocycles. The lowest BCUT2D eigenvalue weighted by atomic mass is 10.0. The van der Waals surface area contributed by atoms with Crippen LogP contribution in [0.5, 0.6) is 0 Å². The van der Waals surface area contributed by atoms with Crippen molar-refractivity contribution in [3.63, 3.8) is 0 Å². The monoisotopic (exact) mass is 416 g/mol. The Morgan fingerprint density at radius 3 is 1.57 bits per heavy atom. The number of aliphatic hydroxyl groups excluding tert-OH is 1. The maximum Gasteiger partial charge on any atom is 0.126 e. The first kappa shape index (κ1) is 22.0. The smallest absolute Gasteiger partial charge is 0.126 e. The van der Waals surface area contributed by atoms with E-state index in [2.05, 4.69) is 0 Å². The van der Waals surface area contributed by atoms with E-state index in [1.807, 2.05) is 12.2 Å². The van der Waals surface area contributed by atoms with Crippen LogP contribution < -0.4 is 5.32 Å². The van der Waals surface area contributed by atoms with E-state index in [1.165, 1.54) is 36.4 Å². The molecule has 0 radical (unpaired) electrons. The summed E-state index contributed by atoms with van der Waals surface area (Å²) >= 11 is 0. The minimum absolute atomic E-state index is 0.0465. The van der Waals surface area contributed by atoms with Gasteiger partial charge in [-0.2, -0.15) is 0 Å². The van der Waals surface area contributed by atoms with Crippen molar-refractivity contribution in [3.8, 4) is 0 Å². The molecule has 158 valence electrons. The SMILES string of the molecule is C[C@H]([NH2+]C[C@@H](O)COC(c1ccc(F)cc1)c1ccc(F)cc1)c1ccc(F)cc1. The minimum atomic E-state index is -0.753. The van der Waals surface area contributed by atoms with Crippen molar-refractivity contribution in [2.45, 2.75) is 25.2 Å². The number of halogens is 3. The standard InChI is InChI=1S/C24H24F3NO2/c1-16(17-2-8-20(25)9-3-17)28-14-23(29)15-30-24(18-4-10-21(26)11-5-18)19-6-12-22(27)13-7-19/h2-13,16,23-24,28-29H,14-15H2,1H3/p+1/t16-,23+/m0/s1. The Morgan fingerprint density at radius 1 is 0.733 bits per heavy atom. The number of quaternary nitrogens is 1. The molecule has 3 aromatic rings. The molecule has 3 aromatic carbocycles. The molecule has 3 rings (SSSR count). The van der Waals surface area contributed by atoms with Gasteiger partial charge in [0.05, 0.1) is 6.61 Å². The van der Waals surface area contributed by atoms with E-state index in [0.29, 0.717) is 17.7 Å². The van der Waals surface area contributed by atoms with E-state index in [4.69, 9.17) is 4.74 Å². The average Bonchev–Trinajstić information content (AvgIpc) is 2.75. The van der Waals surface area contributed by atoms with E-state index in [0.717, 1.165) is 5.56 Å². The van der Waals surface area contributed by atoms with E-state index < -0.39 is 12.2 Å². The van der Waals surface area contributed by atoms with Crippen LogP contribution in [-0.2, 0) is 4.74 Å². The number of hydrogen-bond acceptors (Lipinski definition) is 2. The van der Waals surface area contributed by atoms with E-state index in [-0.39, 0.29) is 30.1 Å². The molecule has 30 heavy (non-hydrogen) atoms. The van der Waals surface area contributed by atoms with Crippen molar-refractivity contribution in [1.29, 1.82) is 0 Å². The third kappa shape index (κ3) is 6.16. The number of ether oxygens (including phenoxy) is 1. The fraction of sp³-hybridized carbons (Fsp3) is 0.250. The lowest BCUT2D eigenvalue weighted by Gasteiger charge is -2.21. The first-order chi connectivity index (χ1) is 14.4. The Kier molecular flexibility index (Phi) is 7.63. The number of nitrogens with two attached hydrogens (primary N) is 1. The van der Waals surface area contributed by atoms with Crippen LogP contribution in [0.3, 0.4) is 0 Å². The summed E-state index contributed by atoms with van der Waals surface area (Å²) in [5.41, 5.74) is 2.37. The van der Waals surface area contributed by atoms with Crippen molar-refractivity contribution in [1.82, 2.24) is 0 Å². The molecular weight excluding hydrogens is 391 g/mol. The first-order valence-electron chi connectivity index (χ1n) is 9.82. The largest absolute Gasteiger partial charge is 0.385 e. The summed E-state index contributed by atoms with van der Waals surface area (Å²) in [6.07, 6.45) is -1.31. The molecule has 6 heteroatoms. The quantitative estimate of drug-likeness (QED) is 0.556. The maximum atomic E-state index is 13.3. The zero-order valence-electron chi connectivity index (χ0n) is 16.6. The Balaban J connectivity index is 1.61. The van der Waals surface area contributed by atoms with Crippen LogP contribution in [0.15, 0.2) is 72.8 Å². The van der Waals surface area contributed by atoms with Crippen LogP contribution in [-0.4, -0.2) is 24.4 Å². The molecule has 0 saturated carbocycles. The Labute approximate surface area is 174 Å². The second-order valence-electron chi connectivity index (χ2n) is 7.28. The Morgan fingerprint density at radius 2 is 1.13 bits per heavy atom. The highest BCUT2D eigenvalue weighted by atomic mass is 19.1. The number of benzene rings is 3. The average molecular weight is 416 g/mol. The van der Waals surface area contributed by atoms with Crippen LogP contribution in [0.25, 0.3) is 0 Å². The van der Waals surface area contributed by atoms with Gasteiger partial charge < -0.3 is 15.2 Å². The van der Waals surface area contributed by atoms with E-state index in [9.17, 15) is 18.3 Å². The Bertz CT molecular complexity index is 869. The van der Waals surface area contributed by atoms with E-state index >= 15 is 0 Å². The predicted molar refractivity (Wildman–Crippen MR) is 108 cm³/mol. The summed E-state index contributed by atoms with van der Waals surface area (Å²) in [4.78, 5) is 0. The fourth-order valence-corrected chi connectivity index (χ4v) is 3.20. The molecule has 0 aliphatic heterocycles. The van der Waals surface area contributed by atoms with Gasteiger partial charge in [0, 0.05) is 5.56 Å². The number of hydrogen-bond donors (Lipinski definition) is 2. The minimum Gasteiger partial charge on any atom is -0.385 e. The zero-order chi connectivity index (χ0) is 21.5. The fourth-order valence-electron chi connectivity index (χ4n) is 3.20. The summed E-state index contributed by atoms with van der Waals surface area (Å²) in [5, 5.41) is 12.3. The van der Waals surface area contributed by atoms with Crippen LogP contribution in [0.2, 0.25) is 0 Å². The van der Waals surface area contributed by atoms with Gasteiger partial charge in [0.15, 0.2) is 0 Å². The molecule has 0 saturated heterocycles. The van der Waals surface area contributed by atoms with Gasteiger partial charge in [0.1, 0.15) is 42.2 Å². The molecule has 0 spiro atoms. The second kappa shape index (κ2) is 10.4. The molecule has 0 heterocycles. The summed E-state index contributed by atoms with van der Waals surface area (Å²) < 4.78 is 45.6. The van der Waals surface area contributed by atoms with Crippen LogP contribution in [0.4, 0.5) is 13.2 Å². The summed E-state index contributed by atoms with van der Waals surface area (Å²) in [7, 11) is 0. The van der Waals surface area contributed by atoms with Gasteiger partial charge in [-0.3, -0.25) is 0 Å². The van der Waals surface area contributed by atoms with Crippen LogP contribution >= 0.6 is 0 Å². The summed E-state index contributed by atoms with van der Waals surface area (Å²) in [5.74, 6) is -1.01. The Hall–Kier alpha value is -2.67. The normalized spacial score (nSPS) is 13.4. The molecule has 2 atom stereocenters. The van der Waals surface area contributed by atoms with Crippen molar-refractivity contribution >= 4 is 0 Å². The molecular formula is C24H25F3NO2+. The van der Waals surface area contributed by atoms with Crippen LogP contribution in [0, 0.1) is 17.5 Å². The number of aliphatic hydroxyl groups is 1. The molecule has 3 nitrogen and oxygen atoms in total. The van der Waals surface area contributed by atoms with Gasteiger partial charge in [-0.1, -0.05) is 36.4 Å².